The smallest absolute Gasteiger partial charge is 0.253 e. The van der Waals surface area contributed by atoms with E-state index in [0.717, 1.165) is 15.8 Å². The highest BCUT2D eigenvalue weighted by Crippen LogP contribution is 2.28. The number of hydrogen-bond acceptors (Lipinski definition) is 3. The maximum Gasteiger partial charge on any atom is 0.253 e. The van der Waals surface area contributed by atoms with Crippen LogP contribution in [-0.4, -0.2) is 18.0 Å². The van der Waals surface area contributed by atoms with Gasteiger partial charge in [0, 0.05) is 12.3 Å². The molecule has 1 atom stereocenters. The highest BCUT2D eigenvalue weighted by Gasteiger charge is 2.13. The van der Waals surface area contributed by atoms with Gasteiger partial charge in [-0.3, -0.25) is 9.59 Å². The number of aromatic nitrogens is 1. The summed E-state index contributed by atoms with van der Waals surface area (Å²) >= 11 is 3.42. The minimum absolute atomic E-state index is 0.174. The third-order valence-corrected chi connectivity index (χ3v) is 3.69. The lowest BCUT2D eigenvalue weighted by Gasteiger charge is -2.15. The van der Waals surface area contributed by atoms with Gasteiger partial charge in [-0.25, -0.2) is 0 Å². The molecule has 1 amide bonds. The molecule has 1 aromatic heterocycles. The summed E-state index contributed by atoms with van der Waals surface area (Å²) in [6, 6.07) is 8.26. The molecule has 0 bridgehead atoms. The molecule has 0 radical (unpaired) electrons. The Morgan fingerprint density at radius 3 is 2.67 bits per heavy atom. The van der Waals surface area contributed by atoms with Crippen molar-refractivity contribution in [2.24, 2.45) is 0 Å². The van der Waals surface area contributed by atoms with Crippen LogP contribution < -0.4 is 15.6 Å². The molecule has 0 saturated carbocycles. The van der Waals surface area contributed by atoms with Gasteiger partial charge in [0.15, 0.2) is 0 Å². The summed E-state index contributed by atoms with van der Waals surface area (Å²) in [5, 5.41) is 2.87. The third kappa shape index (κ3) is 3.72. The molecule has 0 spiro atoms. The fourth-order valence-electron chi connectivity index (χ4n) is 1.87. The first-order chi connectivity index (χ1) is 10.0. The Morgan fingerprint density at radius 2 is 2.10 bits per heavy atom. The fourth-order valence-corrected chi connectivity index (χ4v) is 2.43. The summed E-state index contributed by atoms with van der Waals surface area (Å²) < 4.78 is 6.00. The first-order valence-corrected chi connectivity index (χ1v) is 7.13. The summed E-state index contributed by atoms with van der Waals surface area (Å²) in [4.78, 5) is 25.5. The number of hydrogen-bond donors (Lipinski definition) is 2. The van der Waals surface area contributed by atoms with E-state index in [4.69, 9.17) is 4.74 Å². The predicted octanol–water partition coefficient (Wildman–Crippen LogP) is 2.64. The van der Waals surface area contributed by atoms with Gasteiger partial charge in [-0.2, -0.15) is 0 Å². The molecule has 110 valence electrons. The van der Waals surface area contributed by atoms with Gasteiger partial charge in [-0.1, -0.05) is 6.07 Å². The molecule has 21 heavy (non-hydrogen) atoms. The van der Waals surface area contributed by atoms with Crippen molar-refractivity contribution in [1.82, 2.24) is 10.3 Å². The zero-order chi connectivity index (χ0) is 15.4. The standard InChI is InChI=1S/C15H15BrN2O3/c1-9(10-3-5-13(21-2)12(16)7-10)18-15(20)11-4-6-14(19)17-8-11/h3-9H,1-2H3,(H,17,19)(H,18,20)/t9-/m1/s1. The number of rotatable bonds is 4. The number of benzene rings is 1. The number of halogens is 1. The Morgan fingerprint density at radius 1 is 1.33 bits per heavy atom. The van der Waals surface area contributed by atoms with E-state index in [9.17, 15) is 9.59 Å². The molecule has 0 aliphatic heterocycles. The second kappa shape index (κ2) is 6.58. The monoisotopic (exact) mass is 350 g/mol. The van der Waals surface area contributed by atoms with E-state index in [1.54, 1.807) is 7.11 Å². The van der Waals surface area contributed by atoms with Crippen LogP contribution >= 0.6 is 15.9 Å². The van der Waals surface area contributed by atoms with Gasteiger partial charge in [0.05, 0.1) is 23.2 Å². The molecule has 0 aliphatic carbocycles. The highest BCUT2D eigenvalue weighted by atomic mass is 79.9. The van der Waals surface area contributed by atoms with Gasteiger partial charge in [0.25, 0.3) is 5.91 Å². The van der Waals surface area contributed by atoms with E-state index >= 15 is 0 Å². The normalized spacial score (nSPS) is 11.8. The van der Waals surface area contributed by atoms with E-state index < -0.39 is 0 Å². The number of methoxy groups -OCH3 is 1. The minimum Gasteiger partial charge on any atom is -0.496 e. The number of nitrogens with one attached hydrogen (secondary N) is 2. The van der Waals surface area contributed by atoms with Crippen LogP contribution in [0.4, 0.5) is 0 Å². The molecule has 0 unspecified atom stereocenters. The first kappa shape index (κ1) is 15.3. The predicted molar refractivity (Wildman–Crippen MR) is 83.6 cm³/mol. The van der Waals surface area contributed by atoms with E-state index in [1.807, 2.05) is 25.1 Å². The number of carbonyl (C=O) groups is 1. The fraction of sp³-hybridized carbons (Fsp3) is 0.200. The number of amides is 1. The van der Waals surface area contributed by atoms with Crippen molar-refractivity contribution >= 4 is 21.8 Å². The van der Waals surface area contributed by atoms with E-state index in [1.165, 1.54) is 18.3 Å². The number of carbonyl (C=O) groups excluding carboxylic acids is 1. The zero-order valence-corrected chi connectivity index (χ0v) is 13.2. The van der Waals surface area contributed by atoms with Crippen LogP contribution in [-0.2, 0) is 0 Å². The van der Waals surface area contributed by atoms with Gasteiger partial charge in [0.2, 0.25) is 5.56 Å². The molecule has 2 N–H and O–H groups in total. The van der Waals surface area contributed by atoms with Crippen LogP contribution in [0.5, 0.6) is 5.75 Å². The van der Waals surface area contributed by atoms with Crippen molar-refractivity contribution in [2.75, 3.05) is 7.11 Å². The van der Waals surface area contributed by atoms with Crippen molar-refractivity contribution in [3.8, 4) is 5.75 Å². The van der Waals surface area contributed by atoms with Gasteiger partial charge in [0.1, 0.15) is 5.75 Å². The second-order valence-corrected chi connectivity index (χ2v) is 5.39. The molecule has 1 aromatic carbocycles. The molecule has 2 rings (SSSR count). The molecule has 1 heterocycles. The second-order valence-electron chi connectivity index (χ2n) is 4.53. The Hall–Kier alpha value is -2.08. The SMILES string of the molecule is COc1ccc([C@@H](C)NC(=O)c2ccc(=O)[nH]c2)cc1Br. The van der Waals surface area contributed by atoms with Gasteiger partial charge in [-0.05, 0) is 46.6 Å². The molecule has 0 saturated heterocycles. The number of ether oxygens (including phenoxy) is 1. The van der Waals surface area contributed by atoms with Gasteiger partial charge < -0.3 is 15.0 Å². The molecular formula is C15H15BrN2O3. The molecular weight excluding hydrogens is 336 g/mol. The highest BCUT2D eigenvalue weighted by molar-refractivity contribution is 9.10. The molecule has 5 nitrogen and oxygen atoms in total. The number of H-pyrrole nitrogens is 1. The van der Waals surface area contributed by atoms with Crippen LogP contribution in [0.25, 0.3) is 0 Å². The van der Waals surface area contributed by atoms with Crippen LogP contribution in [0, 0.1) is 0 Å². The Labute approximate surface area is 130 Å². The number of pyridine rings is 1. The maximum atomic E-state index is 12.1. The molecule has 0 aliphatic rings. The Balaban J connectivity index is 2.12. The van der Waals surface area contributed by atoms with Crippen LogP contribution in [0.15, 0.2) is 45.8 Å². The van der Waals surface area contributed by atoms with Crippen molar-refractivity contribution in [1.29, 1.82) is 0 Å². The lowest BCUT2D eigenvalue weighted by atomic mass is 10.1. The quantitative estimate of drug-likeness (QED) is 0.890. The number of aromatic amines is 1. The van der Waals surface area contributed by atoms with E-state index in [0.29, 0.717) is 5.56 Å². The van der Waals surface area contributed by atoms with Crippen molar-refractivity contribution in [3.63, 3.8) is 0 Å². The van der Waals surface area contributed by atoms with E-state index in [-0.39, 0.29) is 17.5 Å². The molecule has 6 heteroatoms. The van der Waals surface area contributed by atoms with Crippen LogP contribution in [0.1, 0.15) is 28.9 Å². The van der Waals surface area contributed by atoms with E-state index in [2.05, 4.69) is 26.2 Å². The summed E-state index contributed by atoms with van der Waals surface area (Å²) in [6.07, 6.45) is 1.40. The third-order valence-electron chi connectivity index (χ3n) is 3.07. The summed E-state index contributed by atoms with van der Waals surface area (Å²) in [5.41, 5.74) is 1.12. The van der Waals surface area contributed by atoms with Gasteiger partial charge >= 0.3 is 0 Å². The van der Waals surface area contributed by atoms with Crippen LogP contribution in [0.2, 0.25) is 0 Å². The Bertz CT molecular complexity index is 692. The van der Waals surface area contributed by atoms with Crippen molar-refractivity contribution in [3.05, 3.63) is 62.5 Å². The largest absolute Gasteiger partial charge is 0.496 e. The summed E-state index contributed by atoms with van der Waals surface area (Å²) in [7, 11) is 1.60. The summed E-state index contributed by atoms with van der Waals surface area (Å²) in [6.45, 7) is 1.89. The molecule has 0 fully saturated rings. The maximum absolute atomic E-state index is 12.1. The Kier molecular flexibility index (Phi) is 4.80. The van der Waals surface area contributed by atoms with Gasteiger partial charge in [-0.15, -0.1) is 0 Å². The minimum atomic E-state index is -0.245. The lowest BCUT2D eigenvalue weighted by molar-refractivity contribution is 0.0939. The van der Waals surface area contributed by atoms with Crippen molar-refractivity contribution < 1.29 is 9.53 Å². The summed E-state index contributed by atoms with van der Waals surface area (Å²) in [5.74, 6) is 0.489. The topological polar surface area (TPSA) is 71.2 Å². The average Bonchev–Trinajstić information content (AvgIpc) is 2.47. The van der Waals surface area contributed by atoms with Crippen molar-refractivity contribution in [2.45, 2.75) is 13.0 Å². The van der Waals surface area contributed by atoms with Crippen LogP contribution in [0.3, 0.4) is 0 Å². The molecule has 2 aromatic rings. The average molecular weight is 351 g/mol. The first-order valence-electron chi connectivity index (χ1n) is 6.34. The zero-order valence-electron chi connectivity index (χ0n) is 11.6. The lowest BCUT2D eigenvalue weighted by Crippen LogP contribution is -2.27.